The molecule has 2 unspecified atom stereocenters. The van der Waals surface area contributed by atoms with E-state index in [1.165, 1.54) is 6.08 Å². The lowest BCUT2D eigenvalue weighted by Gasteiger charge is -2.32. The number of hydrogen-bond donors (Lipinski definition) is 0. The van der Waals surface area contributed by atoms with Crippen molar-refractivity contribution in [1.82, 2.24) is 0 Å². The minimum atomic E-state index is -0.568. The van der Waals surface area contributed by atoms with Crippen molar-refractivity contribution in [3.63, 3.8) is 0 Å². The third-order valence-electron chi connectivity index (χ3n) is 3.46. The van der Waals surface area contributed by atoms with Gasteiger partial charge in [-0.05, 0) is 30.9 Å². The van der Waals surface area contributed by atoms with E-state index in [9.17, 15) is 9.59 Å². The van der Waals surface area contributed by atoms with Crippen LogP contribution in [0.5, 0.6) is 0 Å². The normalized spacial score (nSPS) is 14.3. The second-order valence-corrected chi connectivity index (χ2v) is 6.48. The molecular weight excluding hydrogens is 292 g/mol. The van der Waals surface area contributed by atoms with Crippen molar-refractivity contribution in [2.24, 2.45) is 11.3 Å². The predicted molar refractivity (Wildman–Crippen MR) is 90.6 cm³/mol. The van der Waals surface area contributed by atoms with Crippen molar-refractivity contribution >= 4 is 18.0 Å². The highest BCUT2D eigenvalue weighted by atomic mass is 16.6. The Bertz CT molecular complexity index is 540. The van der Waals surface area contributed by atoms with E-state index in [1.54, 1.807) is 19.9 Å². The number of carbonyl (C=O) groups excluding carboxylic acids is 2. The van der Waals surface area contributed by atoms with Crippen LogP contribution in [-0.4, -0.2) is 24.6 Å². The summed E-state index contributed by atoms with van der Waals surface area (Å²) in [5.74, 6) is -1.33. The summed E-state index contributed by atoms with van der Waals surface area (Å²) in [5, 5.41) is 0. The number of esters is 2. The molecule has 0 aliphatic carbocycles. The molecule has 1 rings (SSSR count). The van der Waals surface area contributed by atoms with Gasteiger partial charge >= 0.3 is 11.9 Å². The fourth-order valence-electron chi connectivity index (χ4n) is 2.50. The smallest absolute Gasteiger partial charge is 0.331 e. The van der Waals surface area contributed by atoms with Crippen LogP contribution in [0.3, 0.4) is 0 Å². The molecule has 0 spiro atoms. The Hall–Kier alpha value is -2.10. The minimum absolute atomic E-state index is 0.306. The summed E-state index contributed by atoms with van der Waals surface area (Å²) < 4.78 is 10.5. The van der Waals surface area contributed by atoms with Crippen molar-refractivity contribution in [3.05, 3.63) is 42.0 Å². The lowest BCUT2D eigenvalue weighted by atomic mass is 9.77. The minimum Gasteiger partial charge on any atom is -0.466 e. The van der Waals surface area contributed by atoms with Crippen LogP contribution in [0, 0.1) is 11.3 Å². The molecule has 0 fully saturated rings. The molecule has 23 heavy (non-hydrogen) atoms. The number of hydrogen-bond acceptors (Lipinski definition) is 4. The van der Waals surface area contributed by atoms with Gasteiger partial charge in [0.15, 0.2) is 0 Å². The number of benzene rings is 1. The van der Waals surface area contributed by atoms with Gasteiger partial charge in [-0.25, -0.2) is 4.79 Å². The largest absolute Gasteiger partial charge is 0.466 e. The van der Waals surface area contributed by atoms with E-state index >= 15 is 0 Å². The second kappa shape index (κ2) is 8.51. The molecule has 0 aliphatic rings. The molecule has 2 atom stereocenters. The third kappa shape index (κ3) is 6.27. The van der Waals surface area contributed by atoms with Crippen LogP contribution < -0.4 is 0 Å². The first-order chi connectivity index (χ1) is 10.8. The van der Waals surface area contributed by atoms with Crippen molar-refractivity contribution in [1.29, 1.82) is 0 Å². The van der Waals surface area contributed by atoms with Gasteiger partial charge in [0.05, 0.1) is 12.5 Å². The van der Waals surface area contributed by atoms with Gasteiger partial charge in [-0.3, -0.25) is 4.79 Å². The van der Waals surface area contributed by atoms with E-state index < -0.39 is 18.0 Å². The fraction of sp³-hybridized carbons (Fsp3) is 0.474. The maximum Gasteiger partial charge on any atom is 0.331 e. The molecular formula is C19H26O4. The molecule has 0 bridgehead atoms. The Balaban J connectivity index is 2.74. The van der Waals surface area contributed by atoms with Crippen LogP contribution in [0.25, 0.3) is 6.08 Å². The molecule has 0 aliphatic heterocycles. The molecule has 1 aromatic carbocycles. The Morgan fingerprint density at radius 1 is 1.17 bits per heavy atom. The highest BCUT2D eigenvalue weighted by Gasteiger charge is 2.38. The highest BCUT2D eigenvalue weighted by Crippen LogP contribution is 2.31. The number of ether oxygens (including phenoxy) is 2. The maximum absolute atomic E-state index is 12.2. The average Bonchev–Trinajstić information content (AvgIpc) is 2.45. The molecule has 0 saturated carbocycles. The van der Waals surface area contributed by atoms with Gasteiger partial charge in [0.1, 0.15) is 6.10 Å². The molecule has 0 N–H and O–H groups in total. The third-order valence-corrected chi connectivity index (χ3v) is 3.46. The Morgan fingerprint density at radius 2 is 1.78 bits per heavy atom. The quantitative estimate of drug-likeness (QED) is 0.590. The Kier molecular flexibility index (Phi) is 7.01. The molecule has 1 aromatic rings. The molecule has 0 saturated heterocycles. The SMILES string of the molecule is CCOC(=O)C(C(C)OC(=O)/C=C/c1ccccc1)C(C)(C)C. The first-order valence-corrected chi connectivity index (χ1v) is 7.86. The van der Waals surface area contributed by atoms with Crippen molar-refractivity contribution in [2.45, 2.75) is 40.7 Å². The summed E-state index contributed by atoms with van der Waals surface area (Å²) in [4.78, 5) is 24.1. The number of carbonyl (C=O) groups is 2. The van der Waals surface area contributed by atoms with E-state index in [0.29, 0.717) is 6.61 Å². The number of rotatable bonds is 6. The van der Waals surface area contributed by atoms with Crippen LogP contribution in [0.2, 0.25) is 0 Å². The molecule has 0 aromatic heterocycles. The van der Waals surface area contributed by atoms with Crippen molar-refractivity contribution < 1.29 is 19.1 Å². The second-order valence-electron chi connectivity index (χ2n) is 6.48. The van der Waals surface area contributed by atoms with E-state index in [4.69, 9.17) is 9.47 Å². The topological polar surface area (TPSA) is 52.6 Å². The molecule has 126 valence electrons. The van der Waals surface area contributed by atoms with Crippen LogP contribution in [0.1, 0.15) is 40.2 Å². The standard InChI is InChI=1S/C19H26O4/c1-6-22-18(21)17(19(3,4)5)14(2)23-16(20)13-12-15-10-8-7-9-11-15/h7-14,17H,6H2,1-5H3/b13-12+. The van der Waals surface area contributed by atoms with Crippen LogP contribution in [0.4, 0.5) is 0 Å². The van der Waals surface area contributed by atoms with E-state index in [-0.39, 0.29) is 11.4 Å². The van der Waals surface area contributed by atoms with Crippen molar-refractivity contribution in [3.8, 4) is 0 Å². The Labute approximate surface area is 138 Å². The molecule has 4 nitrogen and oxygen atoms in total. The van der Waals surface area contributed by atoms with Gasteiger partial charge in [0.25, 0.3) is 0 Å². The lowest BCUT2D eigenvalue weighted by molar-refractivity contribution is -0.163. The summed E-state index contributed by atoms with van der Waals surface area (Å²) in [6.07, 6.45) is 2.49. The van der Waals surface area contributed by atoms with E-state index in [0.717, 1.165) is 5.56 Å². The Morgan fingerprint density at radius 3 is 2.30 bits per heavy atom. The van der Waals surface area contributed by atoms with Crippen LogP contribution >= 0.6 is 0 Å². The maximum atomic E-state index is 12.2. The molecule has 0 heterocycles. The summed E-state index contributed by atoms with van der Waals surface area (Å²) in [6.45, 7) is 9.58. The van der Waals surface area contributed by atoms with Crippen LogP contribution in [0.15, 0.2) is 36.4 Å². The van der Waals surface area contributed by atoms with Gasteiger partial charge in [0.2, 0.25) is 0 Å². The summed E-state index contributed by atoms with van der Waals surface area (Å²) in [7, 11) is 0. The van der Waals surface area contributed by atoms with Gasteiger partial charge in [-0.15, -0.1) is 0 Å². The zero-order chi connectivity index (χ0) is 17.5. The van der Waals surface area contributed by atoms with Crippen LogP contribution in [-0.2, 0) is 19.1 Å². The van der Waals surface area contributed by atoms with E-state index in [1.807, 2.05) is 51.1 Å². The molecule has 0 amide bonds. The van der Waals surface area contributed by atoms with Crippen molar-refractivity contribution in [2.75, 3.05) is 6.61 Å². The van der Waals surface area contributed by atoms with Gasteiger partial charge in [0, 0.05) is 6.08 Å². The fourth-order valence-corrected chi connectivity index (χ4v) is 2.50. The van der Waals surface area contributed by atoms with Gasteiger partial charge < -0.3 is 9.47 Å². The van der Waals surface area contributed by atoms with Gasteiger partial charge in [-0.2, -0.15) is 0 Å². The van der Waals surface area contributed by atoms with Gasteiger partial charge in [-0.1, -0.05) is 51.1 Å². The molecule has 0 radical (unpaired) electrons. The zero-order valence-electron chi connectivity index (χ0n) is 14.5. The monoisotopic (exact) mass is 318 g/mol. The summed E-state index contributed by atoms with van der Waals surface area (Å²) >= 11 is 0. The predicted octanol–water partition coefficient (Wildman–Crippen LogP) is 3.86. The molecule has 4 heteroatoms. The first-order valence-electron chi connectivity index (χ1n) is 7.86. The summed E-state index contributed by atoms with van der Waals surface area (Å²) in [5.41, 5.74) is 0.546. The first kappa shape index (κ1) is 18.9. The lowest BCUT2D eigenvalue weighted by Crippen LogP contribution is -2.40. The van der Waals surface area contributed by atoms with E-state index in [2.05, 4.69) is 0 Å². The zero-order valence-corrected chi connectivity index (χ0v) is 14.5. The summed E-state index contributed by atoms with van der Waals surface area (Å²) in [6, 6.07) is 9.48. The average molecular weight is 318 g/mol. The highest BCUT2D eigenvalue weighted by molar-refractivity contribution is 5.87.